The summed E-state index contributed by atoms with van der Waals surface area (Å²) >= 11 is 0. The minimum absolute atomic E-state index is 0.895. The second kappa shape index (κ2) is 5.00. The molecule has 0 spiro atoms. The van der Waals surface area contributed by atoms with Gasteiger partial charge < -0.3 is 0 Å². The van der Waals surface area contributed by atoms with E-state index in [0.717, 1.165) is 29.0 Å². The normalized spacial score (nSPS) is 10.9. The maximum absolute atomic E-state index is 4.69. The summed E-state index contributed by atoms with van der Waals surface area (Å²) in [7, 11) is 0. The minimum atomic E-state index is 0.895. The summed E-state index contributed by atoms with van der Waals surface area (Å²) in [6.07, 6.45) is 0.895. The molecule has 20 heavy (non-hydrogen) atoms. The number of rotatable bonds is 3. The Labute approximate surface area is 119 Å². The van der Waals surface area contributed by atoms with Gasteiger partial charge in [-0.05, 0) is 43.7 Å². The molecule has 0 aliphatic carbocycles. The second-order valence-electron chi connectivity index (χ2n) is 5.19. The molecule has 102 valence electrons. The quantitative estimate of drug-likeness (QED) is 0.773. The standard InChI is InChI=1S/C17H19N3/c1-4-17-18-15-10-7-13(3)11-16(15)20(17)19-14-8-5-12(2)6-9-14/h5-11,19H,4H2,1-3H3. The summed E-state index contributed by atoms with van der Waals surface area (Å²) in [5.74, 6) is 1.05. The van der Waals surface area contributed by atoms with Crippen LogP contribution in [0.3, 0.4) is 0 Å². The zero-order chi connectivity index (χ0) is 14.1. The van der Waals surface area contributed by atoms with Crippen LogP contribution < -0.4 is 5.43 Å². The van der Waals surface area contributed by atoms with Gasteiger partial charge in [0.2, 0.25) is 0 Å². The summed E-state index contributed by atoms with van der Waals surface area (Å²) in [5, 5.41) is 0. The van der Waals surface area contributed by atoms with Crippen molar-refractivity contribution in [1.82, 2.24) is 9.66 Å². The smallest absolute Gasteiger partial charge is 0.128 e. The monoisotopic (exact) mass is 265 g/mol. The van der Waals surface area contributed by atoms with Gasteiger partial charge in [-0.3, -0.25) is 5.43 Å². The Bertz CT molecular complexity index is 739. The highest BCUT2D eigenvalue weighted by molar-refractivity contribution is 5.77. The first-order chi connectivity index (χ1) is 9.67. The molecule has 0 radical (unpaired) electrons. The molecule has 0 bridgehead atoms. The number of aromatic nitrogens is 2. The van der Waals surface area contributed by atoms with E-state index < -0.39 is 0 Å². The highest BCUT2D eigenvalue weighted by Crippen LogP contribution is 2.19. The van der Waals surface area contributed by atoms with Gasteiger partial charge in [-0.25, -0.2) is 9.66 Å². The Kier molecular flexibility index (Phi) is 3.18. The number of benzene rings is 2. The lowest BCUT2D eigenvalue weighted by atomic mass is 10.2. The average Bonchev–Trinajstić information content (AvgIpc) is 2.79. The topological polar surface area (TPSA) is 29.9 Å². The van der Waals surface area contributed by atoms with Crippen molar-refractivity contribution in [3.63, 3.8) is 0 Å². The number of hydrogen-bond donors (Lipinski definition) is 1. The van der Waals surface area contributed by atoms with Crippen molar-refractivity contribution in [1.29, 1.82) is 0 Å². The molecule has 3 nitrogen and oxygen atoms in total. The lowest BCUT2D eigenvalue weighted by Gasteiger charge is -2.12. The van der Waals surface area contributed by atoms with Gasteiger partial charge in [-0.2, -0.15) is 0 Å². The molecule has 1 N–H and O–H groups in total. The first-order valence-corrected chi connectivity index (χ1v) is 6.99. The van der Waals surface area contributed by atoms with Crippen molar-refractivity contribution in [3.8, 4) is 0 Å². The average molecular weight is 265 g/mol. The van der Waals surface area contributed by atoms with Crippen LogP contribution in [0, 0.1) is 13.8 Å². The molecule has 0 aliphatic rings. The van der Waals surface area contributed by atoms with E-state index in [1.807, 2.05) is 0 Å². The largest absolute Gasteiger partial charge is 0.293 e. The van der Waals surface area contributed by atoms with Gasteiger partial charge >= 0.3 is 0 Å². The van der Waals surface area contributed by atoms with Crippen LogP contribution in [0.25, 0.3) is 11.0 Å². The highest BCUT2D eigenvalue weighted by Gasteiger charge is 2.09. The number of nitrogens with zero attached hydrogens (tertiary/aromatic N) is 2. The van der Waals surface area contributed by atoms with Crippen molar-refractivity contribution in [2.75, 3.05) is 5.43 Å². The Morgan fingerprint density at radius 2 is 1.70 bits per heavy atom. The van der Waals surface area contributed by atoms with Crippen LogP contribution in [0.2, 0.25) is 0 Å². The Morgan fingerprint density at radius 3 is 2.40 bits per heavy atom. The molecule has 0 fully saturated rings. The first kappa shape index (κ1) is 12.7. The van der Waals surface area contributed by atoms with Crippen LogP contribution in [-0.2, 0) is 6.42 Å². The lowest BCUT2D eigenvalue weighted by Crippen LogP contribution is -2.12. The molecular weight excluding hydrogens is 246 g/mol. The minimum Gasteiger partial charge on any atom is -0.293 e. The van der Waals surface area contributed by atoms with Gasteiger partial charge in [0.1, 0.15) is 5.82 Å². The number of anilines is 1. The summed E-state index contributed by atoms with van der Waals surface area (Å²) < 4.78 is 2.09. The van der Waals surface area contributed by atoms with E-state index in [1.54, 1.807) is 0 Å². The molecule has 1 aromatic heterocycles. The fourth-order valence-corrected chi connectivity index (χ4v) is 2.35. The number of aryl methyl sites for hydroxylation is 3. The highest BCUT2D eigenvalue weighted by atomic mass is 15.4. The number of fused-ring (bicyclic) bond motifs is 1. The van der Waals surface area contributed by atoms with E-state index in [0.29, 0.717) is 0 Å². The predicted octanol–water partition coefficient (Wildman–Crippen LogP) is 4.09. The zero-order valence-corrected chi connectivity index (χ0v) is 12.1. The number of nitrogens with one attached hydrogen (secondary N) is 1. The maximum Gasteiger partial charge on any atom is 0.128 e. The van der Waals surface area contributed by atoms with E-state index >= 15 is 0 Å². The van der Waals surface area contributed by atoms with Crippen molar-refractivity contribution >= 4 is 16.7 Å². The summed E-state index contributed by atoms with van der Waals surface area (Å²) in [6.45, 7) is 6.33. The van der Waals surface area contributed by atoms with Crippen molar-refractivity contribution < 1.29 is 0 Å². The summed E-state index contributed by atoms with van der Waals surface area (Å²) in [5.41, 5.74) is 9.20. The van der Waals surface area contributed by atoms with E-state index in [1.165, 1.54) is 11.1 Å². The van der Waals surface area contributed by atoms with E-state index in [2.05, 4.69) is 78.3 Å². The molecule has 0 aliphatic heterocycles. The third-order valence-electron chi connectivity index (χ3n) is 3.49. The van der Waals surface area contributed by atoms with Crippen LogP contribution in [0.5, 0.6) is 0 Å². The Hall–Kier alpha value is -2.29. The zero-order valence-electron chi connectivity index (χ0n) is 12.1. The molecule has 3 aromatic rings. The van der Waals surface area contributed by atoms with E-state index in [9.17, 15) is 0 Å². The van der Waals surface area contributed by atoms with Gasteiger partial charge in [-0.1, -0.05) is 30.7 Å². The number of imidazole rings is 1. The molecule has 0 saturated carbocycles. The molecule has 2 aromatic carbocycles. The lowest BCUT2D eigenvalue weighted by molar-refractivity contribution is 0.856. The molecular formula is C17H19N3. The predicted molar refractivity (Wildman–Crippen MR) is 84.0 cm³/mol. The van der Waals surface area contributed by atoms with Gasteiger partial charge in [0.15, 0.2) is 0 Å². The first-order valence-electron chi connectivity index (χ1n) is 6.99. The number of hydrogen-bond acceptors (Lipinski definition) is 2. The third kappa shape index (κ3) is 2.27. The van der Waals surface area contributed by atoms with Crippen LogP contribution in [0.15, 0.2) is 42.5 Å². The molecule has 0 amide bonds. The summed E-state index contributed by atoms with van der Waals surface area (Å²) in [4.78, 5) is 4.69. The SMILES string of the molecule is CCc1nc2ccc(C)cc2n1Nc1ccc(C)cc1. The molecule has 1 heterocycles. The maximum atomic E-state index is 4.69. The fourth-order valence-electron chi connectivity index (χ4n) is 2.35. The molecule has 0 saturated heterocycles. The van der Waals surface area contributed by atoms with Crippen molar-refractivity contribution in [3.05, 3.63) is 59.4 Å². The van der Waals surface area contributed by atoms with Gasteiger partial charge in [0.05, 0.1) is 16.7 Å². The third-order valence-corrected chi connectivity index (χ3v) is 3.49. The van der Waals surface area contributed by atoms with Gasteiger partial charge in [0.25, 0.3) is 0 Å². The molecule has 3 rings (SSSR count). The van der Waals surface area contributed by atoms with Crippen molar-refractivity contribution in [2.45, 2.75) is 27.2 Å². The summed E-state index contributed by atoms with van der Waals surface area (Å²) in [6, 6.07) is 14.8. The Morgan fingerprint density at radius 1 is 1.00 bits per heavy atom. The van der Waals surface area contributed by atoms with Crippen molar-refractivity contribution in [2.24, 2.45) is 0 Å². The fraction of sp³-hybridized carbons (Fsp3) is 0.235. The van der Waals surface area contributed by atoms with Crippen LogP contribution in [0.4, 0.5) is 5.69 Å². The Balaban J connectivity index is 2.08. The van der Waals surface area contributed by atoms with Crippen LogP contribution >= 0.6 is 0 Å². The molecule has 0 atom stereocenters. The molecule has 3 heteroatoms. The van der Waals surface area contributed by atoms with E-state index in [-0.39, 0.29) is 0 Å². The molecule has 0 unspecified atom stereocenters. The van der Waals surface area contributed by atoms with E-state index in [4.69, 9.17) is 0 Å². The second-order valence-corrected chi connectivity index (χ2v) is 5.19. The van der Waals surface area contributed by atoms with Crippen LogP contribution in [-0.4, -0.2) is 9.66 Å². The van der Waals surface area contributed by atoms with Gasteiger partial charge in [0, 0.05) is 6.42 Å². The van der Waals surface area contributed by atoms with Crippen LogP contribution in [0.1, 0.15) is 23.9 Å². The van der Waals surface area contributed by atoms with Gasteiger partial charge in [-0.15, -0.1) is 0 Å².